The first-order valence-electron chi connectivity index (χ1n) is 6.87. The Hall–Kier alpha value is -1.40. The summed E-state index contributed by atoms with van der Waals surface area (Å²) in [5.41, 5.74) is 0. The summed E-state index contributed by atoms with van der Waals surface area (Å²) in [7, 11) is 0. The van der Waals surface area contributed by atoms with Gasteiger partial charge < -0.3 is 15.2 Å². The lowest BCUT2D eigenvalue weighted by Gasteiger charge is -2.32. The summed E-state index contributed by atoms with van der Waals surface area (Å²) >= 11 is 0. The SMILES string of the molecule is CC(Cn1ccnc1)NC(=O)C(C)N1CCNCC1. The van der Waals surface area contributed by atoms with E-state index in [0.717, 1.165) is 32.7 Å². The van der Waals surface area contributed by atoms with E-state index in [0.29, 0.717) is 0 Å². The topological polar surface area (TPSA) is 62.2 Å². The van der Waals surface area contributed by atoms with Crippen molar-refractivity contribution in [1.82, 2.24) is 25.1 Å². The number of rotatable bonds is 5. The minimum absolute atomic E-state index is 0.0627. The molecule has 0 spiro atoms. The van der Waals surface area contributed by atoms with Gasteiger partial charge in [0.05, 0.1) is 12.4 Å². The van der Waals surface area contributed by atoms with Crippen LogP contribution in [0.2, 0.25) is 0 Å². The molecule has 2 rings (SSSR count). The van der Waals surface area contributed by atoms with Crippen molar-refractivity contribution < 1.29 is 4.79 Å². The summed E-state index contributed by atoms with van der Waals surface area (Å²) < 4.78 is 1.97. The molecule has 0 bridgehead atoms. The van der Waals surface area contributed by atoms with Crippen LogP contribution in [0, 0.1) is 0 Å². The molecule has 1 aliphatic rings. The number of hydrogen-bond donors (Lipinski definition) is 2. The monoisotopic (exact) mass is 265 g/mol. The van der Waals surface area contributed by atoms with Crippen LogP contribution in [0.3, 0.4) is 0 Å². The number of carbonyl (C=O) groups is 1. The number of nitrogens with zero attached hydrogens (tertiary/aromatic N) is 3. The molecule has 19 heavy (non-hydrogen) atoms. The average Bonchev–Trinajstić information content (AvgIpc) is 2.91. The molecule has 2 N–H and O–H groups in total. The van der Waals surface area contributed by atoms with Crippen LogP contribution >= 0.6 is 0 Å². The molecule has 2 unspecified atom stereocenters. The molecule has 6 nitrogen and oxygen atoms in total. The molecule has 6 heteroatoms. The van der Waals surface area contributed by atoms with E-state index >= 15 is 0 Å². The van der Waals surface area contributed by atoms with Crippen LogP contribution in [-0.2, 0) is 11.3 Å². The fourth-order valence-electron chi connectivity index (χ4n) is 2.36. The lowest BCUT2D eigenvalue weighted by Crippen LogP contribution is -2.54. The minimum atomic E-state index is -0.0627. The highest BCUT2D eigenvalue weighted by molar-refractivity contribution is 5.81. The molecule has 2 heterocycles. The van der Waals surface area contributed by atoms with Gasteiger partial charge in [-0.2, -0.15) is 0 Å². The number of nitrogens with one attached hydrogen (secondary N) is 2. The number of imidazole rings is 1. The van der Waals surface area contributed by atoms with Crippen molar-refractivity contribution in [2.24, 2.45) is 0 Å². The van der Waals surface area contributed by atoms with E-state index in [1.165, 1.54) is 0 Å². The Bertz CT molecular complexity index is 386. The maximum atomic E-state index is 12.2. The van der Waals surface area contributed by atoms with Crippen molar-refractivity contribution in [3.05, 3.63) is 18.7 Å². The van der Waals surface area contributed by atoms with Crippen molar-refractivity contribution in [3.63, 3.8) is 0 Å². The van der Waals surface area contributed by atoms with Crippen LogP contribution in [0.25, 0.3) is 0 Å². The highest BCUT2D eigenvalue weighted by atomic mass is 16.2. The van der Waals surface area contributed by atoms with E-state index in [1.54, 1.807) is 12.5 Å². The number of carbonyl (C=O) groups excluding carboxylic acids is 1. The number of aromatic nitrogens is 2. The largest absolute Gasteiger partial charge is 0.350 e. The summed E-state index contributed by atoms with van der Waals surface area (Å²) in [5, 5.41) is 6.36. The molecule has 1 aromatic rings. The number of piperazine rings is 1. The third kappa shape index (κ3) is 4.04. The van der Waals surface area contributed by atoms with Crippen molar-refractivity contribution in [2.45, 2.75) is 32.5 Å². The summed E-state index contributed by atoms with van der Waals surface area (Å²) in [6, 6.07) is 0.0411. The normalized spacial score (nSPS) is 19.9. The highest BCUT2D eigenvalue weighted by Gasteiger charge is 2.23. The smallest absolute Gasteiger partial charge is 0.237 e. The van der Waals surface area contributed by atoms with E-state index in [4.69, 9.17) is 0 Å². The Kier molecular flexibility index (Phi) is 4.93. The molecule has 1 fully saturated rings. The second-order valence-electron chi connectivity index (χ2n) is 5.13. The quantitative estimate of drug-likeness (QED) is 0.766. The van der Waals surface area contributed by atoms with Crippen LogP contribution in [0.5, 0.6) is 0 Å². The third-order valence-electron chi connectivity index (χ3n) is 3.51. The minimum Gasteiger partial charge on any atom is -0.350 e. The Morgan fingerprint density at radius 3 is 2.79 bits per heavy atom. The van der Waals surface area contributed by atoms with Gasteiger partial charge in [-0.25, -0.2) is 4.98 Å². The van der Waals surface area contributed by atoms with E-state index < -0.39 is 0 Å². The molecule has 0 aliphatic carbocycles. The van der Waals surface area contributed by atoms with Crippen LogP contribution in [0.15, 0.2) is 18.7 Å². The predicted molar refractivity (Wildman–Crippen MR) is 73.7 cm³/mol. The summed E-state index contributed by atoms with van der Waals surface area (Å²) in [6.07, 6.45) is 5.42. The third-order valence-corrected chi connectivity index (χ3v) is 3.51. The molecule has 1 aliphatic heterocycles. The van der Waals surface area contributed by atoms with E-state index in [2.05, 4.69) is 20.5 Å². The van der Waals surface area contributed by atoms with Crippen molar-refractivity contribution >= 4 is 5.91 Å². The standard InChI is InChI=1S/C13H23N5O/c1-11(9-17-6-3-15-10-17)16-13(19)12(2)18-7-4-14-5-8-18/h3,6,10-12,14H,4-5,7-9H2,1-2H3,(H,16,19). The summed E-state index contributed by atoms with van der Waals surface area (Å²) in [6.45, 7) is 8.53. The summed E-state index contributed by atoms with van der Waals surface area (Å²) in [4.78, 5) is 18.4. The van der Waals surface area contributed by atoms with Gasteiger partial charge in [-0.1, -0.05) is 0 Å². The lowest BCUT2D eigenvalue weighted by atomic mass is 10.2. The maximum absolute atomic E-state index is 12.2. The van der Waals surface area contributed by atoms with Gasteiger partial charge in [0.25, 0.3) is 0 Å². The van der Waals surface area contributed by atoms with Gasteiger partial charge in [0.2, 0.25) is 5.91 Å². The zero-order valence-corrected chi connectivity index (χ0v) is 11.7. The van der Waals surface area contributed by atoms with E-state index in [9.17, 15) is 4.79 Å². The Morgan fingerprint density at radius 1 is 1.42 bits per heavy atom. The van der Waals surface area contributed by atoms with Crippen LogP contribution in [-0.4, -0.2) is 58.6 Å². The molecular formula is C13H23N5O. The van der Waals surface area contributed by atoms with Crippen LogP contribution in [0.4, 0.5) is 0 Å². The first kappa shape index (κ1) is 14.0. The fraction of sp³-hybridized carbons (Fsp3) is 0.692. The van der Waals surface area contributed by atoms with Crippen LogP contribution in [0.1, 0.15) is 13.8 Å². The summed E-state index contributed by atoms with van der Waals surface area (Å²) in [5.74, 6) is 0.106. The van der Waals surface area contributed by atoms with Gasteiger partial charge in [-0.15, -0.1) is 0 Å². The highest BCUT2D eigenvalue weighted by Crippen LogP contribution is 2.02. The molecule has 0 saturated carbocycles. The van der Waals surface area contributed by atoms with E-state index in [-0.39, 0.29) is 18.0 Å². The average molecular weight is 265 g/mol. The Labute approximate surface area is 114 Å². The second kappa shape index (κ2) is 6.68. The maximum Gasteiger partial charge on any atom is 0.237 e. The zero-order chi connectivity index (χ0) is 13.7. The van der Waals surface area contributed by atoms with Gasteiger partial charge in [0, 0.05) is 51.2 Å². The molecule has 1 amide bonds. The van der Waals surface area contributed by atoms with Gasteiger partial charge >= 0.3 is 0 Å². The Balaban J connectivity index is 1.79. The molecule has 1 aromatic heterocycles. The van der Waals surface area contributed by atoms with Crippen LogP contribution < -0.4 is 10.6 Å². The van der Waals surface area contributed by atoms with Gasteiger partial charge in [-0.05, 0) is 13.8 Å². The zero-order valence-electron chi connectivity index (χ0n) is 11.7. The first-order valence-corrected chi connectivity index (χ1v) is 6.87. The van der Waals surface area contributed by atoms with Gasteiger partial charge in [0.15, 0.2) is 0 Å². The van der Waals surface area contributed by atoms with Crippen molar-refractivity contribution in [1.29, 1.82) is 0 Å². The molecule has 1 saturated heterocycles. The first-order chi connectivity index (χ1) is 9.16. The molecule has 106 valence electrons. The lowest BCUT2D eigenvalue weighted by molar-refractivity contribution is -0.126. The molecule has 0 radical (unpaired) electrons. The second-order valence-corrected chi connectivity index (χ2v) is 5.13. The molecule has 0 aromatic carbocycles. The van der Waals surface area contributed by atoms with Gasteiger partial charge in [-0.3, -0.25) is 9.69 Å². The van der Waals surface area contributed by atoms with Gasteiger partial charge in [0.1, 0.15) is 0 Å². The predicted octanol–water partition coefficient (Wildman–Crippen LogP) is -0.318. The number of hydrogen-bond acceptors (Lipinski definition) is 4. The fourth-order valence-corrected chi connectivity index (χ4v) is 2.36. The number of amides is 1. The van der Waals surface area contributed by atoms with E-state index in [1.807, 2.05) is 24.6 Å². The van der Waals surface area contributed by atoms with Crippen molar-refractivity contribution in [3.8, 4) is 0 Å². The molecular weight excluding hydrogens is 242 g/mol. The Morgan fingerprint density at radius 2 is 2.16 bits per heavy atom. The van der Waals surface area contributed by atoms with Crippen molar-refractivity contribution in [2.75, 3.05) is 26.2 Å². The molecule has 2 atom stereocenters.